The quantitative estimate of drug-likeness (QED) is 0.795. The number of nitrogens with zero attached hydrogens (tertiary/aromatic N) is 1. The van der Waals surface area contributed by atoms with Crippen molar-refractivity contribution in [2.75, 3.05) is 0 Å². The number of hydrogen-bond acceptors (Lipinski definition) is 3. The highest BCUT2D eigenvalue weighted by Gasteiger charge is 2.06. The Balaban J connectivity index is 1.82. The Kier molecular flexibility index (Phi) is 4.65. The summed E-state index contributed by atoms with van der Waals surface area (Å²) < 4.78 is 0. The van der Waals surface area contributed by atoms with Crippen molar-refractivity contribution in [1.82, 2.24) is 4.98 Å². The van der Waals surface area contributed by atoms with Crippen molar-refractivity contribution in [2.45, 2.75) is 32.6 Å². The molecule has 0 aliphatic carbocycles. The lowest BCUT2D eigenvalue weighted by atomic mass is 10.1. The lowest BCUT2D eigenvalue weighted by Gasteiger charge is -2.00. The lowest BCUT2D eigenvalue weighted by Crippen LogP contribution is -2.03. The Bertz CT molecular complexity index is 504. The summed E-state index contributed by atoms with van der Waals surface area (Å²) in [4.78, 5) is 18.4. The van der Waals surface area contributed by atoms with Crippen molar-refractivity contribution in [3.05, 3.63) is 52.0 Å². The zero-order chi connectivity index (χ0) is 12.8. The monoisotopic (exact) mass is 259 g/mol. The molecular weight excluding hydrogens is 242 g/mol. The molecule has 2 aromatic heterocycles. The second-order valence-electron chi connectivity index (χ2n) is 4.29. The third kappa shape index (κ3) is 3.77. The molecule has 2 nitrogen and oxygen atoms in total. The Hall–Kier alpha value is -1.48. The third-order valence-corrected chi connectivity index (χ3v) is 4.11. The molecule has 2 heterocycles. The molecule has 0 unspecified atom stereocenters. The summed E-state index contributed by atoms with van der Waals surface area (Å²) in [5.41, 5.74) is 1.18. The van der Waals surface area contributed by atoms with Crippen LogP contribution in [0.3, 0.4) is 0 Å². The molecule has 0 bridgehead atoms. The van der Waals surface area contributed by atoms with Crippen molar-refractivity contribution >= 4 is 17.1 Å². The molecule has 94 valence electrons. The number of Topliss-reactive ketones (excluding diaryl/α,β-unsaturated/α-hetero) is 1. The molecule has 0 aliphatic rings. The Morgan fingerprint density at radius 3 is 2.56 bits per heavy atom. The molecule has 18 heavy (non-hydrogen) atoms. The van der Waals surface area contributed by atoms with Crippen molar-refractivity contribution in [2.24, 2.45) is 0 Å². The molecule has 0 saturated carbocycles. The van der Waals surface area contributed by atoms with Crippen LogP contribution in [0.15, 0.2) is 36.7 Å². The van der Waals surface area contributed by atoms with Gasteiger partial charge in [-0.15, -0.1) is 11.3 Å². The van der Waals surface area contributed by atoms with E-state index in [1.54, 1.807) is 23.7 Å². The predicted octanol–water partition coefficient (Wildman–Crippen LogP) is 3.45. The Morgan fingerprint density at radius 2 is 1.89 bits per heavy atom. The van der Waals surface area contributed by atoms with Crippen LogP contribution in [-0.4, -0.2) is 10.8 Å². The molecule has 0 amide bonds. The van der Waals surface area contributed by atoms with E-state index in [0.29, 0.717) is 18.6 Å². The van der Waals surface area contributed by atoms with Gasteiger partial charge in [-0.2, -0.15) is 0 Å². The molecule has 0 spiro atoms. The van der Waals surface area contributed by atoms with E-state index in [9.17, 15) is 4.79 Å². The van der Waals surface area contributed by atoms with Crippen molar-refractivity contribution < 1.29 is 4.79 Å². The number of aromatic nitrogens is 1. The van der Waals surface area contributed by atoms with E-state index in [1.165, 1.54) is 15.3 Å². The molecule has 0 atom stereocenters. The number of ketones is 1. The number of carbonyl (C=O) groups is 1. The molecule has 2 rings (SSSR count). The summed E-state index contributed by atoms with van der Waals surface area (Å²) in [6.45, 7) is 2.14. The maximum absolute atomic E-state index is 11.9. The van der Waals surface area contributed by atoms with E-state index in [1.807, 2.05) is 12.1 Å². The van der Waals surface area contributed by atoms with Gasteiger partial charge in [0.25, 0.3) is 0 Å². The van der Waals surface area contributed by atoms with Gasteiger partial charge < -0.3 is 0 Å². The van der Waals surface area contributed by atoms with Crippen LogP contribution in [-0.2, 0) is 24.1 Å². The highest BCUT2D eigenvalue weighted by atomic mass is 32.1. The SMILES string of the molecule is CCc1ccc(CC(=O)CCc2ccncc2)s1. The standard InChI is InChI=1S/C15H17NOS/c1-2-14-5-6-15(18-14)11-13(17)4-3-12-7-9-16-10-8-12/h5-10H,2-4,11H2,1H3. The van der Waals surface area contributed by atoms with Crippen molar-refractivity contribution in [3.63, 3.8) is 0 Å². The number of thiophene rings is 1. The van der Waals surface area contributed by atoms with Crippen LogP contribution in [0, 0.1) is 0 Å². The van der Waals surface area contributed by atoms with E-state index in [0.717, 1.165) is 12.8 Å². The third-order valence-electron chi connectivity index (χ3n) is 2.88. The minimum atomic E-state index is 0.316. The zero-order valence-electron chi connectivity index (χ0n) is 10.6. The van der Waals surface area contributed by atoms with Gasteiger partial charge >= 0.3 is 0 Å². The smallest absolute Gasteiger partial charge is 0.138 e. The first-order valence-electron chi connectivity index (χ1n) is 6.26. The van der Waals surface area contributed by atoms with Gasteiger partial charge in [0, 0.05) is 35.0 Å². The second-order valence-corrected chi connectivity index (χ2v) is 5.55. The summed E-state index contributed by atoms with van der Waals surface area (Å²) in [5, 5.41) is 0. The fourth-order valence-electron chi connectivity index (χ4n) is 1.82. The first kappa shape index (κ1) is 13.0. The van der Waals surface area contributed by atoms with E-state index in [4.69, 9.17) is 0 Å². The molecule has 3 heteroatoms. The molecule has 0 N–H and O–H groups in total. The maximum Gasteiger partial charge on any atom is 0.138 e. The van der Waals surface area contributed by atoms with E-state index < -0.39 is 0 Å². The van der Waals surface area contributed by atoms with Crippen LogP contribution in [0.5, 0.6) is 0 Å². The number of pyridine rings is 1. The molecule has 0 radical (unpaired) electrons. The largest absolute Gasteiger partial charge is 0.299 e. The van der Waals surface area contributed by atoms with E-state index in [2.05, 4.69) is 24.0 Å². The fraction of sp³-hybridized carbons (Fsp3) is 0.333. The van der Waals surface area contributed by atoms with Gasteiger partial charge in [-0.25, -0.2) is 0 Å². The first-order chi connectivity index (χ1) is 8.78. The summed E-state index contributed by atoms with van der Waals surface area (Å²) in [7, 11) is 0. The summed E-state index contributed by atoms with van der Waals surface area (Å²) in [5.74, 6) is 0.316. The number of rotatable bonds is 6. The average molecular weight is 259 g/mol. The van der Waals surface area contributed by atoms with Crippen molar-refractivity contribution in [1.29, 1.82) is 0 Å². The molecule has 0 saturated heterocycles. The normalized spacial score (nSPS) is 10.5. The molecular formula is C15H17NOS. The van der Waals surface area contributed by atoms with Crippen LogP contribution < -0.4 is 0 Å². The van der Waals surface area contributed by atoms with Crippen LogP contribution in [0.4, 0.5) is 0 Å². The number of hydrogen-bond donors (Lipinski definition) is 0. The summed E-state index contributed by atoms with van der Waals surface area (Å²) in [6, 6.07) is 8.13. The van der Waals surface area contributed by atoms with Crippen LogP contribution >= 0.6 is 11.3 Å². The summed E-state index contributed by atoms with van der Waals surface area (Å²) >= 11 is 1.75. The topological polar surface area (TPSA) is 30.0 Å². The van der Waals surface area contributed by atoms with E-state index >= 15 is 0 Å². The van der Waals surface area contributed by atoms with Crippen LogP contribution in [0.25, 0.3) is 0 Å². The summed E-state index contributed by atoms with van der Waals surface area (Å²) in [6.07, 6.45) is 6.60. The molecule has 0 fully saturated rings. The molecule has 0 aromatic carbocycles. The molecule has 0 aliphatic heterocycles. The zero-order valence-corrected chi connectivity index (χ0v) is 11.4. The van der Waals surface area contributed by atoms with Gasteiger partial charge in [0.2, 0.25) is 0 Å². The minimum absolute atomic E-state index is 0.316. The Morgan fingerprint density at radius 1 is 1.17 bits per heavy atom. The van der Waals surface area contributed by atoms with Gasteiger partial charge in [0.15, 0.2) is 0 Å². The first-order valence-corrected chi connectivity index (χ1v) is 7.07. The number of carbonyl (C=O) groups excluding carboxylic acids is 1. The van der Waals surface area contributed by atoms with Gasteiger partial charge in [-0.3, -0.25) is 9.78 Å². The highest BCUT2D eigenvalue weighted by Crippen LogP contribution is 2.18. The van der Waals surface area contributed by atoms with Gasteiger partial charge in [-0.1, -0.05) is 6.92 Å². The highest BCUT2D eigenvalue weighted by molar-refractivity contribution is 7.12. The van der Waals surface area contributed by atoms with Crippen LogP contribution in [0.1, 0.15) is 28.7 Å². The predicted molar refractivity (Wildman–Crippen MR) is 75.0 cm³/mol. The lowest BCUT2D eigenvalue weighted by molar-refractivity contribution is -0.118. The minimum Gasteiger partial charge on any atom is -0.299 e. The Labute approximate surface area is 112 Å². The fourth-order valence-corrected chi connectivity index (χ4v) is 2.81. The molecule has 2 aromatic rings. The van der Waals surface area contributed by atoms with Gasteiger partial charge in [0.05, 0.1) is 0 Å². The number of aryl methyl sites for hydroxylation is 2. The van der Waals surface area contributed by atoms with Gasteiger partial charge in [-0.05, 0) is 42.7 Å². The second kappa shape index (κ2) is 6.45. The van der Waals surface area contributed by atoms with Crippen molar-refractivity contribution in [3.8, 4) is 0 Å². The maximum atomic E-state index is 11.9. The van der Waals surface area contributed by atoms with E-state index in [-0.39, 0.29) is 0 Å². The van der Waals surface area contributed by atoms with Gasteiger partial charge in [0.1, 0.15) is 5.78 Å². The average Bonchev–Trinajstić information content (AvgIpc) is 2.85. The van der Waals surface area contributed by atoms with Crippen LogP contribution in [0.2, 0.25) is 0 Å².